The fraction of sp³-hybridized carbons (Fsp3) is 0.219. The summed E-state index contributed by atoms with van der Waals surface area (Å²) < 4.78 is 5.79. The predicted molar refractivity (Wildman–Crippen MR) is 150 cm³/mol. The van der Waals surface area contributed by atoms with Crippen molar-refractivity contribution in [1.82, 2.24) is 0 Å². The lowest BCUT2D eigenvalue weighted by Gasteiger charge is -2.35. The topological polar surface area (TPSA) is 38.3 Å². The second kappa shape index (κ2) is 11.5. The zero-order valence-electron chi connectivity index (χ0n) is 20.4. The summed E-state index contributed by atoms with van der Waals surface area (Å²) in [6.45, 7) is 0.681. The molecule has 1 aliphatic heterocycles. The van der Waals surface area contributed by atoms with Crippen LogP contribution in [0.1, 0.15) is 41.5 Å². The number of unbranched alkanes of at least 4 members (excludes halogenated alkanes) is 1. The maximum absolute atomic E-state index is 11.6. The van der Waals surface area contributed by atoms with Crippen LogP contribution in [-0.4, -0.2) is 18.3 Å². The molecule has 0 saturated heterocycles. The van der Waals surface area contributed by atoms with Gasteiger partial charge in [-0.2, -0.15) is 0 Å². The Hall–Kier alpha value is -3.50. The van der Waals surface area contributed by atoms with Gasteiger partial charge in [0.05, 0.1) is 11.4 Å². The number of anilines is 1. The van der Waals surface area contributed by atoms with Gasteiger partial charge < -0.3 is 10.1 Å². The number of carbonyl (C=O) groups is 1. The van der Waals surface area contributed by atoms with E-state index in [0.717, 1.165) is 42.0 Å². The molecule has 4 aromatic carbocycles. The van der Waals surface area contributed by atoms with Crippen LogP contribution in [0.5, 0.6) is 5.75 Å². The van der Waals surface area contributed by atoms with E-state index in [2.05, 4.69) is 102 Å². The molecule has 4 heteroatoms. The largest absolute Gasteiger partial charge is 0.494 e. The van der Waals surface area contributed by atoms with Crippen LogP contribution in [0.2, 0.25) is 0 Å². The average molecular weight is 494 g/mol. The number of carbonyl (C=O) groups excluding carboxylic acids is 1. The molecule has 0 radical (unpaired) electrons. The molecular weight excluding hydrogens is 462 g/mol. The minimum atomic E-state index is -0.270. The number of fused-ring (bicyclic) bond motifs is 1. The SMILES string of the molecule is O=C1CCc2cc(OCCCCSC(c3ccccc3)(c3ccccc3)c3ccccc3)ccc2N1. The monoisotopic (exact) mass is 493 g/mol. The molecule has 0 aromatic heterocycles. The Kier molecular flexibility index (Phi) is 7.73. The van der Waals surface area contributed by atoms with Crippen molar-refractivity contribution < 1.29 is 9.53 Å². The number of amides is 1. The Morgan fingerprint density at radius 1 is 0.722 bits per heavy atom. The molecule has 5 rings (SSSR count). The van der Waals surface area contributed by atoms with Crippen molar-refractivity contribution in [2.45, 2.75) is 30.4 Å². The van der Waals surface area contributed by atoms with E-state index in [1.54, 1.807) is 0 Å². The van der Waals surface area contributed by atoms with Crippen LogP contribution in [0.15, 0.2) is 109 Å². The van der Waals surface area contributed by atoms with Crippen molar-refractivity contribution >= 4 is 23.4 Å². The molecular formula is C32H31NO2S. The molecule has 36 heavy (non-hydrogen) atoms. The normalized spacial score (nSPS) is 13.1. The van der Waals surface area contributed by atoms with Crippen LogP contribution in [0.25, 0.3) is 0 Å². The third kappa shape index (κ3) is 5.34. The van der Waals surface area contributed by atoms with Gasteiger partial charge in [0.2, 0.25) is 5.91 Å². The lowest BCUT2D eigenvalue weighted by Crippen LogP contribution is -2.26. The van der Waals surface area contributed by atoms with Crippen LogP contribution < -0.4 is 10.1 Å². The molecule has 3 nitrogen and oxygen atoms in total. The van der Waals surface area contributed by atoms with Crippen LogP contribution in [0.4, 0.5) is 5.69 Å². The molecule has 0 spiro atoms. The number of ether oxygens (including phenoxy) is 1. The molecule has 0 aliphatic carbocycles. The van der Waals surface area contributed by atoms with Crippen LogP contribution >= 0.6 is 11.8 Å². The molecule has 0 unspecified atom stereocenters. The highest BCUT2D eigenvalue weighted by Gasteiger charge is 2.36. The molecule has 4 aromatic rings. The lowest BCUT2D eigenvalue weighted by molar-refractivity contribution is -0.116. The van der Waals surface area contributed by atoms with Crippen molar-refractivity contribution in [3.05, 3.63) is 131 Å². The summed E-state index contributed by atoms with van der Waals surface area (Å²) in [5.41, 5.74) is 5.95. The van der Waals surface area contributed by atoms with Gasteiger partial charge >= 0.3 is 0 Å². The first-order valence-corrected chi connectivity index (χ1v) is 13.6. The maximum Gasteiger partial charge on any atom is 0.224 e. The van der Waals surface area contributed by atoms with Gasteiger partial charge in [-0.1, -0.05) is 91.0 Å². The number of hydrogen-bond donors (Lipinski definition) is 1. The van der Waals surface area contributed by atoms with E-state index in [9.17, 15) is 4.79 Å². The molecule has 1 heterocycles. The Labute approximate surface area is 217 Å². The van der Waals surface area contributed by atoms with Gasteiger partial charge in [-0.3, -0.25) is 4.79 Å². The number of aryl methyl sites for hydroxylation is 1. The van der Waals surface area contributed by atoms with E-state index in [1.807, 2.05) is 23.9 Å². The highest BCUT2D eigenvalue weighted by Crippen LogP contribution is 2.48. The summed E-state index contributed by atoms with van der Waals surface area (Å²) in [5.74, 6) is 1.98. The van der Waals surface area contributed by atoms with Gasteiger partial charge in [0.25, 0.3) is 0 Å². The minimum absolute atomic E-state index is 0.0891. The number of benzene rings is 4. The number of nitrogens with one attached hydrogen (secondary N) is 1. The molecule has 0 atom stereocenters. The number of hydrogen-bond acceptors (Lipinski definition) is 3. The van der Waals surface area contributed by atoms with E-state index in [-0.39, 0.29) is 10.7 Å². The van der Waals surface area contributed by atoms with Crippen molar-refractivity contribution in [2.75, 3.05) is 17.7 Å². The van der Waals surface area contributed by atoms with Gasteiger partial charge in [-0.15, -0.1) is 11.8 Å². The summed E-state index contributed by atoms with van der Waals surface area (Å²) in [5, 5.41) is 2.93. The summed E-state index contributed by atoms with van der Waals surface area (Å²) in [6.07, 6.45) is 3.35. The van der Waals surface area contributed by atoms with Crippen molar-refractivity contribution in [2.24, 2.45) is 0 Å². The van der Waals surface area contributed by atoms with Crippen molar-refractivity contribution in [1.29, 1.82) is 0 Å². The zero-order valence-corrected chi connectivity index (χ0v) is 21.2. The van der Waals surface area contributed by atoms with Crippen LogP contribution in [0, 0.1) is 0 Å². The average Bonchev–Trinajstić information content (AvgIpc) is 2.94. The van der Waals surface area contributed by atoms with E-state index >= 15 is 0 Å². The zero-order chi connectivity index (χ0) is 24.6. The minimum Gasteiger partial charge on any atom is -0.494 e. The summed E-state index contributed by atoms with van der Waals surface area (Å²) in [7, 11) is 0. The molecule has 1 N–H and O–H groups in total. The Bertz CT molecular complexity index is 1180. The van der Waals surface area contributed by atoms with Crippen LogP contribution in [-0.2, 0) is 16.0 Å². The molecule has 0 bridgehead atoms. The van der Waals surface area contributed by atoms with Gasteiger partial charge in [0, 0.05) is 12.1 Å². The van der Waals surface area contributed by atoms with Gasteiger partial charge in [0.15, 0.2) is 0 Å². The first-order valence-electron chi connectivity index (χ1n) is 12.6. The Morgan fingerprint density at radius 3 is 1.89 bits per heavy atom. The predicted octanol–water partition coefficient (Wildman–Crippen LogP) is 7.46. The number of thioether (sulfide) groups is 1. The third-order valence-electron chi connectivity index (χ3n) is 6.64. The first-order chi connectivity index (χ1) is 17.8. The smallest absolute Gasteiger partial charge is 0.224 e. The van der Waals surface area contributed by atoms with Crippen molar-refractivity contribution in [3.8, 4) is 5.75 Å². The van der Waals surface area contributed by atoms with E-state index in [1.165, 1.54) is 16.7 Å². The second-order valence-electron chi connectivity index (χ2n) is 9.05. The van der Waals surface area contributed by atoms with Gasteiger partial charge in [0.1, 0.15) is 5.75 Å². The Morgan fingerprint density at radius 2 is 1.31 bits per heavy atom. The lowest BCUT2D eigenvalue weighted by atomic mass is 9.84. The van der Waals surface area contributed by atoms with Crippen molar-refractivity contribution in [3.63, 3.8) is 0 Å². The standard InChI is InChI=1S/C32H31NO2S/c34-31-21-18-25-24-29(19-20-30(25)33-31)35-22-10-11-23-36-32(26-12-4-1-5-13-26,27-14-6-2-7-15-27)28-16-8-3-9-17-28/h1-9,12-17,19-20,24H,10-11,18,21-23H2,(H,33,34). The molecule has 0 saturated carbocycles. The quantitative estimate of drug-likeness (QED) is 0.184. The van der Waals surface area contributed by atoms with E-state index in [4.69, 9.17) is 4.74 Å². The van der Waals surface area contributed by atoms with E-state index in [0.29, 0.717) is 13.0 Å². The van der Waals surface area contributed by atoms with E-state index < -0.39 is 0 Å². The van der Waals surface area contributed by atoms with Gasteiger partial charge in [-0.25, -0.2) is 0 Å². The molecule has 1 aliphatic rings. The summed E-state index contributed by atoms with van der Waals surface area (Å²) in [4.78, 5) is 11.6. The first kappa shape index (κ1) is 24.2. The highest BCUT2D eigenvalue weighted by atomic mass is 32.2. The molecule has 1 amide bonds. The summed E-state index contributed by atoms with van der Waals surface area (Å²) >= 11 is 2.00. The van der Waals surface area contributed by atoms with Crippen LogP contribution in [0.3, 0.4) is 0 Å². The maximum atomic E-state index is 11.6. The fourth-order valence-corrected chi connectivity index (χ4v) is 6.40. The third-order valence-corrected chi connectivity index (χ3v) is 8.27. The fourth-order valence-electron chi connectivity index (χ4n) is 4.84. The second-order valence-corrected chi connectivity index (χ2v) is 10.4. The molecule has 0 fully saturated rings. The number of rotatable bonds is 10. The highest BCUT2D eigenvalue weighted by molar-refractivity contribution is 8.00. The molecule has 182 valence electrons. The van der Waals surface area contributed by atoms with Gasteiger partial charge in [-0.05, 0) is 65.5 Å². The summed E-state index contributed by atoms with van der Waals surface area (Å²) in [6, 6.07) is 38.5. The Balaban J connectivity index is 1.27.